The van der Waals surface area contributed by atoms with Gasteiger partial charge < -0.3 is 9.47 Å². The molecular formula is C19H21NO5. The fraction of sp³-hybridized carbons (Fsp3) is 0.526. The minimum atomic E-state index is -0.601. The number of ether oxygens (including phenoxy) is 2. The molecule has 25 heavy (non-hydrogen) atoms. The third-order valence-corrected chi connectivity index (χ3v) is 6.12. The minimum absolute atomic E-state index is 0.0458. The number of carbonyl (C=O) groups excluding carboxylic acids is 1. The first-order valence-corrected chi connectivity index (χ1v) is 8.76. The van der Waals surface area contributed by atoms with Crippen molar-refractivity contribution in [1.29, 1.82) is 0 Å². The van der Waals surface area contributed by atoms with Crippen LogP contribution in [0.15, 0.2) is 36.4 Å². The van der Waals surface area contributed by atoms with Crippen LogP contribution in [0.1, 0.15) is 37.7 Å². The van der Waals surface area contributed by atoms with Gasteiger partial charge in [-0.05, 0) is 49.3 Å². The van der Waals surface area contributed by atoms with Gasteiger partial charge in [0.15, 0.2) is 0 Å². The normalized spacial score (nSPS) is 33.7. The number of cyclic esters (lactones) is 1. The van der Waals surface area contributed by atoms with E-state index in [0.717, 1.165) is 43.2 Å². The Morgan fingerprint density at radius 1 is 1.32 bits per heavy atom. The standard InChI is InChI=1S/C19H21NO5/c1-12-4-7-14-3-2-10-19(14)16(12)17(25-18(19)21)24-11-13-5-8-15(9-6-13)20(22)23/h5-6,8-9,14,16-17H,1-4,7,10-11H2/t14?,16?,17-,19+/m0/s1. The van der Waals surface area contributed by atoms with Gasteiger partial charge in [-0.15, -0.1) is 0 Å². The maximum Gasteiger partial charge on any atom is 0.315 e. The molecule has 2 aliphatic carbocycles. The van der Waals surface area contributed by atoms with Crippen molar-refractivity contribution in [3.63, 3.8) is 0 Å². The fourth-order valence-electron chi connectivity index (χ4n) is 4.93. The van der Waals surface area contributed by atoms with Crippen LogP contribution < -0.4 is 0 Å². The van der Waals surface area contributed by atoms with Crippen LogP contribution in [-0.2, 0) is 20.9 Å². The van der Waals surface area contributed by atoms with Crippen LogP contribution in [0.4, 0.5) is 5.69 Å². The van der Waals surface area contributed by atoms with Crippen molar-refractivity contribution in [2.45, 2.75) is 45.0 Å². The monoisotopic (exact) mass is 343 g/mol. The molecule has 4 atom stereocenters. The zero-order chi connectivity index (χ0) is 17.6. The highest BCUT2D eigenvalue weighted by molar-refractivity contribution is 5.81. The largest absolute Gasteiger partial charge is 0.435 e. The van der Waals surface area contributed by atoms with E-state index >= 15 is 0 Å². The van der Waals surface area contributed by atoms with Crippen molar-refractivity contribution in [3.05, 3.63) is 52.1 Å². The van der Waals surface area contributed by atoms with Gasteiger partial charge in [0.05, 0.1) is 22.9 Å². The van der Waals surface area contributed by atoms with Crippen molar-refractivity contribution >= 4 is 11.7 Å². The summed E-state index contributed by atoms with van der Waals surface area (Å²) in [6.07, 6.45) is 4.32. The molecule has 0 amide bonds. The molecule has 4 rings (SSSR count). The van der Waals surface area contributed by atoms with Gasteiger partial charge in [-0.25, -0.2) is 0 Å². The summed E-state index contributed by atoms with van der Waals surface area (Å²) in [5, 5.41) is 10.7. The first kappa shape index (κ1) is 16.3. The van der Waals surface area contributed by atoms with Crippen molar-refractivity contribution in [2.24, 2.45) is 17.3 Å². The topological polar surface area (TPSA) is 78.7 Å². The number of nitro groups is 1. The van der Waals surface area contributed by atoms with E-state index in [1.807, 2.05) is 0 Å². The molecule has 3 fully saturated rings. The molecule has 0 bridgehead atoms. The third kappa shape index (κ3) is 2.47. The van der Waals surface area contributed by atoms with Gasteiger partial charge in [-0.3, -0.25) is 14.9 Å². The Hall–Kier alpha value is -2.21. The molecule has 132 valence electrons. The number of hydrogen-bond acceptors (Lipinski definition) is 5. The van der Waals surface area contributed by atoms with Crippen molar-refractivity contribution in [1.82, 2.24) is 0 Å². The lowest BCUT2D eigenvalue weighted by Gasteiger charge is -2.39. The molecule has 0 N–H and O–H groups in total. The lowest BCUT2D eigenvalue weighted by molar-refractivity contribution is -0.384. The van der Waals surface area contributed by atoms with Crippen LogP contribution in [0.25, 0.3) is 0 Å². The molecule has 2 saturated carbocycles. The molecule has 1 saturated heterocycles. The molecule has 2 unspecified atom stereocenters. The quantitative estimate of drug-likeness (QED) is 0.360. The molecule has 1 aromatic carbocycles. The van der Waals surface area contributed by atoms with E-state index in [1.54, 1.807) is 12.1 Å². The van der Waals surface area contributed by atoms with Crippen LogP contribution in [0, 0.1) is 27.4 Å². The smallest absolute Gasteiger partial charge is 0.315 e. The first-order valence-electron chi connectivity index (χ1n) is 8.76. The van der Waals surface area contributed by atoms with Gasteiger partial charge in [0.25, 0.3) is 5.69 Å². The maximum absolute atomic E-state index is 12.7. The highest BCUT2D eigenvalue weighted by atomic mass is 16.7. The number of hydrogen-bond donors (Lipinski definition) is 0. The number of rotatable bonds is 4. The number of benzene rings is 1. The van der Waals surface area contributed by atoms with E-state index in [2.05, 4.69) is 6.58 Å². The van der Waals surface area contributed by atoms with E-state index < -0.39 is 16.6 Å². The van der Waals surface area contributed by atoms with Crippen molar-refractivity contribution in [3.8, 4) is 0 Å². The predicted octanol–water partition coefficient (Wildman–Crippen LogP) is 3.75. The van der Waals surface area contributed by atoms with E-state index in [-0.39, 0.29) is 24.2 Å². The molecule has 1 spiro atoms. The SMILES string of the molecule is C=C1CCC2CCC[C@@]23C(=O)O[C@H](OCc2ccc([N+](=O)[O-])cc2)C13. The lowest BCUT2D eigenvalue weighted by atomic mass is 9.61. The summed E-state index contributed by atoms with van der Waals surface area (Å²) < 4.78 is 11.6. The average molecular weight is 343 g/mol. The Labute approximate surface area is 146 Å². The summed E-state index contributed by atoms with van der Waals surface area (Å²) in [4.78, 5) is 23.0. The number of non-ortho nitro benzene ring substituents is 1. The fourth-order valence-corrected chi connectivity index (χ4v) is 4.93. The van der Waals surface area contributed by atoms with Gasteiger partial charge in [0.2, 0.25) is 6.29 Å². The van der Waals surface area contributed by atoms with Crippen LogP contribution in [0.2, 0.25) is 0 Å². The summed E-state index contributed by atoms with van der Waals surface area (Å²) in [6.45, 7) is 4.45. The van der Waals surface area contributed by atoms with Gasteiger partial charge >= 0.3 is 5.97 Å². The van der Waals surface area contributed by atoms with E-state index in [9.17, 15) is 14.9 Å². The Bertz CT molecular complexity index is 728. The third-order valence-electron chi connectivity index (χ3n) is 6.12. The predicted molar refractivity (Wildman–Crippen MR) is 89.4 cm³/mol. The molecule has 6 nitrogen and oxygen atoms in total. The molecule has 0 radical (unpaired) electrons. The number of nitro benzene ring substituents is 1. The summed E-state index contributed by atoms with van der Waals surface area (Å²) in [7, 11) is 0. The minimum Gasteiger partial charge on any atom is -0.435 e. The van der Waals surface area contributed by atoms with Crippen LogP contribution in [0.3, 0.4) is 0 Å². The van der Waals surface area contributed by atoms with Gasteiger partial charge in [-0.2, -0.15) is 0 Å². The zero-order valence-electron chi connectivity index (χ0n) is 14.0. The average Bonchev–Trinajstić information content (AvgIpc) is 3.15. The molecular weight excluding hydrogens is 322 g/mol. The summed E-state index contributed by atoms with van der Waals surface area (Å²) >= 11 is 0. The van der Waals surface area contributed by atoms with E-state index in [4.69, 9.17) is 9.47 Å². The second-order valence-electron chi connectivity index (χ2n) is 7.31. The van der Waals surface area contributed by atoms with Crippen molar-refractivity contribution in [2.75, 3.05) is 0 Å². The Morgan fingerprint density at radius 2 is 2.08 bits per heavy atom. The number of esters is 1. The van der Waals surface area contributed by atoms with Crippen LogP contribution in [-0.4, -0.2) is 17.2 Å². The summed E-state index contributed by atoms with van der Waals surface area (Å²) in [5.74, 6) is 0.178. The van der Waals surface area contributed by atoms with Gasteiger partial charge in [0, 0.05) is 12.1 Å². The second kappa shape index (κ2) is 5.95. The Balaban J connectivity index is 1.50. The zero-order valence-corrected chi connectivity index (χ0v) is 14.0. The lowest BCUT2D eigenvalue weighted by Crippen LogP contribution is -2.42. The highest BCUT2D eigenvalue weighted by Gasteiger charge is 2.65. The number of carbonyl (C=O) groups is 1. The highest BCUT2D eigenvalue weighted by Crippen LogP contribution is 2.61. The van der Waals surface area contributed by atoms with E-state index in [0.29, 0.717) is 5.92 Å². The molecule has 1 aromatic rings. The molecule has 3 aliphatic rings. The molecule has 1 heterocycles. The summed E-state index contributed by atoms with van der Waals surface area (Å²) in [5.41, 5.74) is 1.48. The Kier molecular flexibility index (Phi) is 3.87. The second-order valence-corrected chi connectivity index (χ2v) is 7.31. The molecule has 1 aliphatic heterocycles. The van der Waals surface area contributed by atoms with Crippen LogP contribution >= 0.6 is 0 Å². The molecule has 6 heteroatoms. The first-order chi connectivity index (χ1) is 12.0. The molecule has 0 aromatic heterocycles. The maximum atomic E-state index is 12.7. The summed E-state index contributed by atoms with van der Waals surface area (Å²) in [6, 6.07) is 6.23. The van der Waals surface area contributed by atoms with Gasteiger partial charge in [0.1, 0.15) is 0 Å². The van der Waals surface area contributed by atoms with Crippen LogP contribution in [0.5, 0.6) is 0 Å². The van der Waals surface area contributed by atoms with Crippen molar-refractivity contribution < 1.29 is 19.2 Å². The number of nitrogens with zero attached hydrogens (tertiary/aromatic N) is 1. The van der Waals surface area contributed by atoms with Gasteiger partial charge in [-0.1, -0.05) is 18.6 Å². The Morgan fingerprint density at radius 3 is 2.80 bits per heavy atom. The van der Waals surface area contributed by atoms with E-state index in [1.165, 1.54) is 12.1 Å².